The van der Waals surface area contributed by atoms with Gasteiger partial charge in [-0.1, -0.05) is 12.1 Å². The van der Waals surface area contributed by atoms with Crippen LogP contribution in [0.5, 0.6) is 5.88 Å². The highest BCUT2D eigenvalue weighted by molar-refractivity contribution is 6.21. The zero-order valence-corrected chi connectivity index (χ0v) is 16.3. The number of methoxy groups -OCH3 is 1. The number of benzene rings is 1. The van der Waals surface area contributed by atoms with Crippen molar-refractivity contribution in [3.05, 3.63) is 83.9 Å². The first-order chi connectivity index (χ1) is 14.6. The van der Waals surface area contributed by atoms with E-state index < -0.39 is 0 Å². The molecule has 0 unspecified atom stereocenters. The largest absolute Gasteiger partial charge is 0.481 e. The summed E-state index contributed by atoms with van der Waals surface area (Å²) in [4.78, 5) is 35.2. The second kappa shape index (κ2) is 7.11. The standard InChI is InChI=1S/C23H18N4O3/c1-30-21-9-7-15(12-24-21)16-6-8-20-25-17(14-26(20)13-16)10-11-27-22(28)18-4-2-3-5-19(18)23(27)29/h2-9,12-14H,10-11H2,1H3. The third-order valence-corrected chi connectivity index (χ3v) is 5.25. The maximum Gasteiger partial charge on any atom is 0.261 e. The van der Waals surface area contributed by atoms with Gasteiger partial charge in [-0.15, -0.1) is 0 Å². The van der Waals surface area contributed by atoms with Gasteiger partial charge in [0.2, 0.25) is 5.88 Å². The number of carbonyl (C=O) groups excluding carboxylic acids is 2. The van der Waals surface area contributed by atoms with Crippen LogP contribution < -0.4 is 4.74 Å². The lowest BCUT2D eigenvalue weighted by atomic mass is 10.1. The van der Waals surface area contributed by atoms with Gasteiger partial charge in [0.1, 0.15) is 5.65 Å². The topological polar surface area (TPSA) is 76.8 Å². The van der Waals surface area contributed by atoms with Gasteiger partial charge in [0.15, 0.2) is 0 Å². The Balaban J connectivity index is 1.35. The first-order valence-corrected chi connectivity index (χ1v) is 9.57. The monoisotopic (exact) mass is 398 g/mol. The maximum absolute atomic E-state index is 12.5. The molecule has 7 heteroatoms. The predicted octanol–water partition coefficient (Wildman–Crippen LogP) is 3.24. The van der Waals surface area contributed by atoms with Gasteiger partial charge in [0, 0.05) is 43.2 Å². The van der Waals surface area contributed by atoms with Gasteiger partial charge in [-0.2, -0.15) is 0 Å². The van der Waals surface area contributed by atoms with Crippen LogP contribution in [0.15, 0.2) is 67.1 Å². The molecular formula is C23H18N4O3. The Kier molecular flexibility index (Phi) is 4.28. The Hall–Kier alpha value is -4.00. The van der Waals surface area contributed by atoms with E-state index in [1.165, 1.54) is 4.90 Å². The molecule has 0 saturated carbocycles. The number of carbonyl (C=O) groups is 2. The van der Waals surface area contributed by atoms with E-state index in [1.807, 2.05) is 41.1 Å². The van der Waals surface area contributed by atoms with Crippen molar-refractivity contribution < 1.29 is 14.3 Å². The molecule has 1 aliphatic heterocycles. The minimum atomic E-state index is -0.242. The molecule has 0 bridgehead atoms. The normalized spacial score (nSPS) is 13.2. The van der Waals surface area contributed by atoms with Crippen molar-refractivity contribution in [3.8, 4) is 17.0 Å². The van der Waals surface area contributed by atoms with E-state index in [-0.39, 0.29) is 11.8 Å². The van der Waals surface area contributed by atoms with Crippen LogP contribution in [0, 0.1) is 0 Å². The Bertz CT molecular complexity index is 1240. The second-order valence-electron chi connectivity index (χ2n) is 7.06. The van der Waals surface area contributed by atoms with Gasteiger partial charge < -0.3 is 9.14 Å². The van der Waals surface area contributed by atoms with Gasteiger partial charge in [0.25, 0.3) is 11.8 Å². The third kappa shape index (κ3) is 3.00. The minimum absolute atomic E-state index is 0.242. The van der Waals surface area contributed by atoms with E-state index >= 15 is 0 Å². The molecule has 0 aliphatic carbocycles. The lowest BCUT2D eigenvalue weighted by molar-refractivity contribution is 0.0656. The molecule has 0 spiro atoms. The Labute approximate surface area is 172 Å². The van der Waals surface area contributed by atoms with Crippen molar-refractivity contribution >= 4 is 17.5 Å². The molecule has 3 aromatic heterocycles. The predicted molar refractivity (Wildman–Crippen MR) is 110 cm³/mol. The maximum atomic E-state index is 12.5. The van der Waals surface area contributed by atoms with Crippen molar-refractivity contribution in [2.24, 2.45) is 0 Å². The number of amides is 2. The Morgan fingerprint density at radius 3 is 2.30 bits per heavy atom. The fourth-order valence-corrected chi connectivity index (χ4v) is 3.68. The first-order valence-electron chi connectivity index (χ1n) is 9.57. The molecule has 148 valence electrons. The molecule has 1 aromatic carbocycles. The van der Waals surface area contributed by atoms with Crippen LogP contribution in [0.25, 0.3) is 16.8 Å². The van der Waals surface area contributed by atoms with Gasteiger partial charge >= 0.3 is 0 Å². The highest BCUT2D eigenvalue weighted by atomic mass is 16.5. The van der Waals surface area contributed by atoms with E-state index in [1.54, 1.807) is 37.6 Å². The number of rotatable bonds is 5. The summed E-state index contributed by atoms with van der Waals surface area (Å²) < 4.78 is 7.05. The van der Waals surface area contributed by atoms with Crippen LogP contribution in [0.2, 0.25) is 0 Å². The van der Waals surface area contributed by atoms with E-state index in [2.05, 4.69) is 9.97 Å². The molecular weight excluding hydrogens is 380 g/mol. The van der Waals surface area contributed by atoms with Crippen LogP contribution in [-0.4, -0.2) is 44.7 Å². The summed E-state index contributed by atoms with van der Waals surface area (Å²) >= 11 is 0. The molecule has 0 atom stereocenters. The van der Waals surface area contributed by atoms with Crippen LogP contribution in [0.3, 0.4) is 0 Å². The Morgan fingerprint density at radius 1 is 0.900 bits per heavy atom. The number of pyridine rings is 2. The number of imide groups is 1. The number of hydrogen-bond acceptors (Lipinski definition) is 5. The molecule has 2 amide bonds. The summed E-state index contributed by atoms with van der Waals surface area (Å²) in [7, 11) is 1.59. The lowest BCUT2D eigenvalue weighted by Crippen LogP contribution is -2.31. The Morgan fingerprint density at radius 2 is 1.63 bits per heavy atom. The SMILES string of the molecule is COc1ccc(-c2ccc3nc(CCN4C(=O)c5ccccc5C4=O)cn3c2)cn1. The first kappa shape index (κ1) is 18.1. The zero-order valence-electron chi connectivity index (χ0n) is 16.3. The summed E-state index contributed by atoms with van der Waals surface area (Å²) in [6.07, 6.45) is 6.16. The molecule has 0 fully saturated rings. The molecule has 7 nitrogen and oxygen atoms in total. The third-order valence-electron chi connectivity index (χ3n) is 5.25. The van der Waals surface area contributed by atoms with Crippen molar-refractivity contribution in [1.82, 2.24) is 19.3 Å². The molecule has 30 heavy (non-hydrogen) atoms. The number of aromatic nitrogens is 3. The smallest absolute Gasteiger partial charge is 0.261 e. The highest BCUT2D eigenvalue weighted by Gasteiger charge is 2.34. The van der Waals surface area contributed by atoms with Crippen LogP contribution in [0.4, 0.5) is 0 Å². The quantitative estimate of drug-likeness (QED) is 0.483. The fourth-order valence-electron chi connectivity index (χ4n) is 3.68. The summed E-state index contributed by atoms with van der Waals surface area (Å²) in [5, 5.41) is 0. The second-order valence-corrected chi connectivity index (χ2v) is 7.06. The van der Waals surface area contributed by atoms with E-state index in [0.29, 0.717) is 30.0 Å². The van der Waals surface area contributed by atoms with Gasteiger partial charge in [-0.05, 0) is 35.9 Å². The summed E-state index contributed by atoms with van der Waals surface area (Å²) in [5.74, 6) is 0.0835. The van der Waals surface area contributed by atoms with Crippen molar-refractivity contribution in [2.45, 2.75) is 6.42 Å². The molecule has 5 rings (SSSR count). The minimum Gasteiger partial charge on any atom is -0.481 e. The average Bonchev–Trinajstić information content (AvgIpc) is 3.30. The van der Waals surface area contributed by atoms with Crippen LogP contribution >= 0.6 is 0 Å². The van der Waals surface area contributed by atoms with E-state index in [0.717, 1.165) is 22.5 Å². The van der Waals surface area contributed by atoms with Crippen molar-refractivity contribution in [2.75, 3.05) is 13.7 Å². The number of imidazole rings is 1. The number of ether oxygens (including phenoxy) is 1. The molecule has 4 aromatic rings. The summed E-state index contributed by atoms with van der Waals surface area (Å²) in [6, 6.07) is 14.6. The molecule has 0 radical (unpaired) electrons. The summed E-state index contributed by atoms with van der Waals surface area (Å²) in [6.45, 7) is 0.297. The van der Waals surface area contributed by atoms with Crippen molar-refractivity contribution in [1.29, 1.82) is 0 Å². The van der Waals surface area contributed by atoms with E-state index in [4.69, 9.17) is 4.74 Å². The van der Waals surface area contributed by atoms with Gasteiger partial charge in [0.05, 0.1) is 23.9 Å². The number of hydrogen-bond donors (Lipinski definition) is 0. The number of fused-ring (bicyclic) bond motifs is 2. The highest BCUT2D eigenvalue weighted by Crippen LogP contribution is 2.24. The molecule has 0 N–H and O–H groups in total. The lowest BCUT2D eigenvalue weighted by Gasteiger charge is -2.12. The van der Waals surface area contributed by atoms with Gasteiger partial charge in [-0.25, -0.2) is 9.97 Å². The molecule has 0 saturated heterocycles. The van der Waals surface area contributed by atoms with E-state index in [9.17, 15) is 9.59 Å². The number of nitrogens with zero attached hydrogens (tertiary/aromatic N) is 4. The average molecular weight is 398 g/mol. The molecule has 1 aliphatic rings. The van der Waals surface area contributed by atoms with Gasteiger partial charge in [-0.3, -0.25) is 14.5 Å². The van der Waals surface area contributed by atoms with Crippen LogP contribution in [-0.2, 0) is 6.42 Å². The summed E-state index contributed by atoms with van der Waals surface area (Å²) in [5.41, 5.74) is 4.53. The van der Waals surface area contributed by atoms with Crippen molar-refractivity contribution in [3.63, 3.8) is 0 Å². The fraction of sp³-hybridized carbons (Fsp3) is 0.130. The van der Waals surface area contributed by atoms with Crippen LogP contribution in [0.1, 0.15) is 26.4 Å². The molecule has 4 heterocycles. The zero-order chi connectivity index (χ0) is 20.7.